The number of β-amino-alcohol motifs (C(OH)–C–C–N with tert-alkyl or cyclic N) is 1. The highest BCUT2D eigenvalue weighted by Crippen LogP contribution is 2.32. The minimum Gasteiger partial charge on any atom is -0.391 e. The predicted molar refractivity (Wildman–Crippen MR) is 44.8 cm³/mol. The largest absolute Gasteiger partial charge is 0.391 e. The average molecular weight is 187 g/mol. The first-order valence-corrected chi connectivity index (χ1v) is 4.75. The molecule has 0 radical (unpaired) electrons. The molecular formula is C9H14FNO2. The van der Waals surface area contributed by atoms with Gasteiger partial charge in [0, 0.05) is 24.9 Å². The molecule has 1 aliphatic heterocycles. The molecule has 1 N–H and O–H groups in total. The Morgan fingerprint density at radius 1 is 1.46 bits per heavy atom. The number of amides is 1. The van der Waals surface area contributed by atoms with E-state index in [2.05, 4.69) is 0 Å². The maximum atomic E-state index is 12.3. The zero-order valence-corrected chi connectivity index (χ0v) is 7.45. The Hall–Kier alpha value is -0.640. The van der Waals surface area contributed by atoms with Crippen molar-refractivity contribution < 1.29 is 14.3 Å². The second kappa shape index (κ2) is 3.25. The average Bonchev–Trinajstić information content (AvgIpc) is 2.89. The van der Waals surface area contributed by atoms with E-state index in [1.165, 1.54) is 0 Å². The molecule has 1 saturated carbocycles. The van der Waals surface area contributed by atoms with E-state index in [0.29, 0.717) is 13.1 Å². The SMILES string of the molecule is O=C(C1CC1)N1C[C@H](CF)[C@@H](O)C1. The number of hydrogen-bond acceptors (Lipinski definition) is 2. The fraction of sp³-hybridized carbons (Fsp3) is 0.889. The quantitative estimate of drug-likeness (QED) is 0.670. The second-order valence-corrected chi connectivity index (χ2v) is 4.00. The van der Waals surface area contributed by atoms with Gasteiger partial charge in [0.25, 0.3) is 0 Å². The summed E-state index contributed by atoms with van der Waals surface area (Å²) in [6, 6.07) is 0. The van der Waals surface area contributed by atoms with Crippen molar-refractivity contribution in [1.82, 2.24) is 4.90 Å². The first-order chi connectivity index (χ1) is 6.22. The number of hydrogen-bond donors (Lipinski definition) is 1. The molecule has 1 saturated heterocycles. The number of alkyl halides is 1. The molecule has 3 nitrogen and oxygen atoms in total. The molecule has 0 aromatic rings. The fourth-order valence-corrected chi connectivity index (χ4v) is 1.77. The third kappa shape index (κ3) is 1.68. The number of nitrogens with zero attached hydrogens (tertiary/aromatic N) is 1. The summed E-state index contributed by atoms with van der Waals surface area (Å²) in [6.45, 7) is 0.187. The van der Waals surface area contributed by atoms with Crippen LogP contribution in [0.25, 0.3) is 0 Å². The van der Waals surface area contributed by atoms with Crippen molar-refractivity contribution >= 4 is 5.91 Å². The number of rotatable bonds is 2. The molecular weight excluding hydrogens is 173 g/mol. The van der Waals surface area contributed by atoms with Crippen LogP contribution in [0, 0.1) is 11.8 Å². The number of aliphatic hydroxyl groups excluding tert-OH is 1. The van der Waals surface area contributed by atoms with Crippen molar-refractivity contribution in [3.05, 3.63) is 0 Å². The maximum absolute atomic E-state index is 12.3. The zero-order chi connectivity index (χ0) is 9.42. The Morgan fingerprint density at radius 2 is 2.15 bits per heavy atom. The van der Waals surface area contributed by atoms with Crippen LogP contribution in [0.4, 0.5) is 4.39 Å². The molecule has 13 heavy (non-hydrogen) atoms. The summed E-state index contributed by atoms with van der Waals surface area (Å²) in [5, 5.41) is 9.38. The van der Waals surface area contributed by atoms with Gasteiger partial charge in [0.05, 0.1) is 12.8 Å². The third-order valence-electron chi connectivity index (χ3n) is 2.84. The Labute approximate surface area is 76.5 Å². The van der Waals surface area contributed by atoms with E-state index in [9.17, 15) is 14.3 Å². The zero-order valence-electron chi connectivity index (χ0n) is 7.45. The second-order valence-electron chi connectivity index (χ2n) is 4.00. The number of aliphatic hydroxyl groups is 1. The van der Waals surface area contributed by atoms with Gasteiger partial charge in [0.15, 0.2) is 0 Å². The van der Waals surface area contributed by atoms with E-state index in [1.54, 1.807) is 4.90 Å². The number of carbonyl (C=O) groups is 1. The highest BCUT2D eigenvalue weighted by atomic mass is 19.1. The van der Waals surface area contributed by atoms with E-state index >= 15 is 0 Å². The van der Waals surface area contributed by atoms with Crippen molar-refractivity contribution in [2.45, 2.75) is 18.9 Å². The molecule has 0 aromatic carbocycles. The van der Waals surface area contributed by atoms with Crippen LogP contribution in [0.15, 0.2) is 0 Å². The summed E-state index contributed by atoms with van der Waals surface area (Å²) in [5.74, 6) is -0.0803. The molecule has 4 heteroatoms. The van der Waals surface area contributed by atoms with Crippen molar-refractivity contribution in [3.63, 3.8) is 0 Å². The monoisotopic (exact) mass is 187 g/mol. The van der Waals surface area contributed by atoms with Gasteiger partial charge in [-0.3, -0.25) is 9.18 Å². The van der Waals surface area contributed by atoms with Gasteiger partial charge in [-0.1, -0.05) is 0 Å². The summed E-state index contributed by atoms with van der Waals surface area (Å²) in [4.78, 5) is 13.1. The standard InChI is InChI=1S/C9H14FNO2/c10-3-7-4-11(5-8(7)12)9(13)6-1-2-6/h6-8,12H,1-5H2/t7-,8-/m0/s1. The summed E-state index contributed by atoms with van der Waals surface area (Å²) in [7, 11) is 0. The van der Waals surface area contributed by atoms with Gasteiger partial charge in [-0.15, -0.1) is 0 Å². The normalized spacial score (nSPS) is 33.8. The Morgan fingerprint density at radius 3 is 2.62 bits per heavy atom. The van der Waals surface area contributed by atoms with Crippen LogP contribution in [0.3, 0.4) is 0 Å². The molecule has 0 unspecified atom stereocenters. The van der Waals surface area contributed by atoms with E-state index in [0.717, 1.165) is 12.8 Å². The van der Waals surface area contributed by atoms with Crippen LogP contribution in [-0.2, 0) is 4.79 Å². The van der Waals surface area contributed by atoms with Crippen molar-refractivity contribution in [2.24, 2.45) is 11.8 Å². The minimum atomic E-state index is -0.660. The molecule has 1 heterocycles. The summed E-state index contributed by atoms with van der Waals surface area (Å²) in [6.07, 6.45) is 1.27. The van der Waals surface area contributed by atoms with Gasteiger partial charge in [0.2, 0.25) is 5.91 Å². The van der Waals surface area contributed by atoms with Crippen molar-refractivity contribution in [1.29, 1.82) is 0 Å². The Bertz CT molecular complexity index is 218. The lowest BCUT2D eigenvalue weighted by Gasteiger charge is -2.14. The van der Waals surface area contributed by atoms with Crippen LogP contribution in [0.1, 0.15) is 12.8 Å². The summed E-state index contributed by atoms with van der Waals surface area (Å²) < 4.78 is 12.3. The molecule has 1 amide bonds. The fourth-order valence-electron chi connectivity index (χ4n) is 1.77. The topological polar surface area (TPSA) is 40.5 Å². The molecule has 2 fully saturated rings. The van der Waals surface area contributed by atoms with Crippen molar-refractivity contribution in [3.8, 4) is 0 Å². The van der Waals surface area contributed by atoms with E-state index in [4.69, 9.17) is 0 Å². The first kappa shape index (κ1) is 8.94. The molecule has 2 atom stereocenters. The van der Waals surface area contributed by atoms with Gasteiger partial charge in [0.1, 0.15) is 0 Å². The smallest absolute Gasteiger partial charge is 0.225 e. The molecule has 74 valence electrons. The highest BCUT2D eigenvalue weighted by molar-refractivity contribution is 5.81. The van der Waals surface area contributed by atoms with Crippen LogP contribution in [-0.4, -0.2) is 41.8 Å². The Balaban J connectivity index is 1.92. The lowest BCUT2D eigenvalue weighted by molar-refractivity contribution is -0.131. The lowest BCUT2D eigenvalue weighted by Crippen LogP contribution is -2.30. The van der Waals surface area contributed by atoms with Gasteiger partial charge in [-0.25, -0.2) is 0 Å². The summed E-state index contributed by atoms with van der Waals surface area (Å²) >= 11 is 0. The van der Waals surface area contributed by atoms with E-state index < -0.39 is 12.8 Å². The molecule has 1 aliphatic carbocycles. The predicted octanol–water partition coefficient (Wildman–Crippen LogP) is 0.185. The number of carbonyl (C=O) groups excluding carboxylic acids is 1. The van der Waals surface area contributed by atoms with Gasteiger partial charge >= 0.3 is 0 Å². The minimum absolute atomic E-state index is 0.106. The molecule has 0 aromatic heterocycles. The number of likely N-dealkylation sites (tertiary alicyclic amines) is 1. The Kier molecular flexibility index (Phi) is 2.24. The van der Waals surface area contributed by atoms with Crippen LogP contribution in [0.5, 0.6) is 0 Å². The van der Waals surface area contributed by atoms with Crippen LogP contribution < -0.4 is 0 Å². The highest BCUT2D eigenvalue weighted by Gasteiger charge is 2.39. The van der Waals surface area contributed by atoms with E-state index in [1.807, 2.05) is 0 Å². The van der Waals surface area contributed by atoms with Crippen LogP contribution >= 0.6 is 0 Å². The third-order valence-corrected chi connectivity index (χ3v) is 2.84. The van der Waals surface area contributed by atoms with Crippen LogP contribution in [0.2, 0.25) is 0 Å². The molecule has 2 rings (SSSR count). The molecule has 0 bridgehead atoms. The van der Waals surface area contributed by atoms with Crippen molar-refractivity contribution in [2.75, 3.05) is 19.8 Å². The van der Waals surface area contributed by atoms with E-state index in [-0.39, 0.29) is 17.7 Å². The van der Waals surface area contributed by atoms with Gasteiger partial charge < -0.3 is 10.0 Å². The lowest BCUT2D eigenvalue weighted by atomic mass is 10.1. The van der Waals surface area contributed by atoms with Gasteiger partial charge in [-0.05, 0) is 12.8 Å². The maximum Gasteiger partial charge on any atom is 0.225 e. The first-order valence-electron chi connectivity index (χ1n) is 4.75. The molecule has 2 aliphatic rings. The van der Waals surface area contributed by atoms with Gasteiger partial charge in [-0.2, -0.15) is 0 Å². The summed E-state index contributed by atoms with van der Waals surface area (Å²) in [5.41, 5.74) is 0. The molecule has 0 spiro atoms. The number of halogens is 1.